The van der Waals surface area contributed by atoms with E-state index in [-0.39, 0.29) is 11.8 Å². The summed E-state index contributed by atoms with van der Waals surface area (Å²) in [5, 5.41) is 3.24. The summed E-state index contributed by atoms with van der Waals surface area (Å²) in [4.78, 5) is 37.0. The zero-order valence-electron chi connectivity index (χ0n) is 15.2. The first-order valence-electron chi connectivity index (χ1n) is 8.64. The van der Waals surface area contributed by atoms with Gasteiger partial charge in [0.05, 0.1) is 0 Å². The van der Waals surface area contributed by atoms with Crippen molar-refractivity contribution in [1.29, 1.82) is 0 Å². The van der Waals surface area contributed by atoms with Crippen LogP contribution in [0.5, 0.6) is 0 Å². The van der Waals surface area contributed by atoms with Gasteiger partial charge in [0, 0.05) is 16.1 Å². The summed E-state index contributed by atoms with van der Waals surface area (Å²) in [5.74, 6) is -1.44. The number of benzene rings is 2. The third-order valence-electron chi connectivity index (χ3n) is 4.22. The topological polar surface area (TPSA) is 87.3 Å². The molecule has 0 aliphatic rings. The van der Waals surface area contributed by atoms with Crippen LogP contribution in [0, 0.1) is 5.92 Å². The van der Waals surface area contributed by atoms with Crippen molar-refractivity contribution in [2.24, 2.45) is 5.92 Å². The predicted molar refractivity (Wildman–Crippen MR) is 104 cm³/mol. The summed E-state index contributed by atoms with van der Waals surface area (Å²) in [6.45, 7) is 3.77. The van der Waals surface area contributed by atoms with Crippen molar-refractivity contribution in [2.45, 2.75) is 26.3 Å². The van der Waals surface area contributed by atoms with Crippen LogP contribution in [0.25, 0.3) is 0 Å². The average Bonchev–Trinajstić information content (AvgIpc) is 2.70. The maximum absolute atomic E-state index is 12.5. The highest BCUT2D eigenvalue weighted by Gasteiger charge is 2.26. The van der Waals surface area contributed by atoms with Crippen LogP contribution in [0.1, 0.15) is 41.0 Å². The molecule has 0 spiro atoms. The summed E-state index contributed by atoms with van der Waals surface area (Å²) in [5.41, 5.74) is 5.58. The Kier molecular flexibility index (Phi) is 7.37. The van der Waals surface area contributed by atoms with Crippen molar-refractivity contribution >= 4 is 29.3 Å². The number of rotatable bonds is 6. The minimum atomic E-state index is -0.797. The molecule has 0 aromatic heterocycles. The molecule has 2 unspecified atom stereocenters. The number of carbonyl (C=O) groups excluding carboxylic acids is 3. The van der Waals surface area contributed by atoms with E-state index < -0.39 is 17.9 Å². The highest BCUT2D eigenvalue weighted by Crippen LogP contribution is 2.12. The summed E-state index contributed by atoms with van der Waals surface area (Å²) in [7, 11) is 0. The second-order valence-electron chi connectivity index (χ2n) is 6.15. The third kappa shape index (κ3) is 5.82. The lowest BCUT2D eigenvalue weighted by Gasteiger charge is -2.23. The maximum atomic E-state index is 12.5. The smallest absolute Gasteiger partial charge is 0.269 e. The normalized spacial score (nSPS) is 12.6. The van der Waals surface area contributed by atoms with Crippen molar-refractivity contribution in [2.75, 3.05) is 0 Å². The highest BCUT2D eigenvalue weighted by atomic mass is 35.5. The molecule has 0 heterocycles. The summed E-state index contributed by atoms with van der Waals surface area (Å²) < 4.78 is 0. The number of halogens is 1. The van der Waals surface area contributed by atoms with Crippen molar-refractivity contribution in [3.63, 3.8) is 0 Å². The molecule has 142 valence electrons. The third-order valence-corrected chi connectivity index (χ3v) is 4.48. The van der Waals surface area contributed by atoms with Gasteiger partial charge in [-0.25, -0.2) is 0 Å². The number of amides is 3. The van der Waals surface area contributed by atoms with E-state index >= 15 is 0 Å². The summed E-state index contributed by atoms with van der Waals surface area (Å²) in [6, 6.07) is 14.1. The second kappa shape index (κ2) is 9.73. The van der Waals surface area contributed by atoms with Crippen molar-refractivity contribution < 1.29 is 14.4 Å². The van der Waals surface area contributed by atoms with E-state index in [1.165, 1.54) is 0 Å². The van der Waals surface area contributed by atoms with Crippen LogP contribution in [0.3, 0.4) is 0 Å². The Hall–Kier alpha value is -2.86. The van der Waals surface area contributed by atoms with E-state index in [9.17, 15) is 14.4 Å². The number of hydrogen-bond donors (Lipinski definition) is 3. The Morgan fingerprint density at radius 3 is 2.07 bits per heavy atom. The first kappa shape index (κ1) is 20.5. The van der Waals surface area contributed by atoms with Crippen molar-refractivity contribution in [1.82, 2.24) is 16.2 Å². The molecule has 2 rings (SSSR count). The largest absolute Gasteiger partial charge is 0.340 e. The van der Waals surface area contributed by atoms with Gasteiger partial charge in [-0.15, -0.1) is 0 Å². The number of nitrogens with one attached hydrogen (secondary N) is 3. The van der Waals surface area contributed by atoms with Gasteiger partial charge in [-0.05, 0) is 42.3 Å². The average molecular weight is 388 g/mol. The lowest BCUT2D eigenvalue weighted by atomic mass is 9.98. The molecule has 0 aliphatic carbocycles. The SMILES string of the molecule is CCC(C)C(NC(=O)c1ccc(Cl)cc1)C(=O)NNC(=O)c1ccccc1. The van der Waals surface area contributed by atoms with Crippen LogP contribution in [0.15, 0.2) is 54.6 Å². The molecule has 0 saturated carbocycles. The molecule has 6 nitrogen and oxygen atoms in total. The first-order valence-corrected chi connectivity index (χ1v) is 9.01. The fourth-order valence-corrected chi connectivity index (χ4v) is 2.51. The molecule has 2 aromatic rings. The fraction of sp³-hybridized carbons (Fsp3) is 0.250. The molecular weight excluding hydrogens is 366 g/mol. The van der Waals surface area contributed by atoms with Crippen LogP contribution in [-0.2, 0) is 4.79 Å². The minimum absolute atomic E-state index is 0.130. The number of hydrogen-bond acceptors (Lipinski definition) is 3. The van der Waals surface area contributed by atoms with Crippen LogP contribution in [0.2, 0.25) is 5.02 Å². The van der Waals surface area contributed by atoms with Crippen molar-refractivity contribution in [3.05, 3.63) is 70.7 Å². The minimum Gasteiger partial charge on any atom is -0.340 e. The van der Waals surface area contributed by atoms with Gasteiger partial charge in [-0.3, -0.25) is 25.2 Å². The van der Waals surface area contributed by atoms with Gasteiger partial charge < -0.3 is 5.32 Å². The highest BCUT2D eigenvalue weighted by molar-refractivity contribution is 6.30. The molecule has 0 aliphatic heterocycles. The molecule has 0 radical (unpaired) electrons. The first-order chi connectivity index (χ1) is 12.9. The zero-order chi connectivity index (χ0) is 19.8. The summed E-state index contributed by atoms with van der Waals surface area (Å²) in [6.07, 6.45) is 0.672. The Bertz CT molecular complexity index is 794. The van der Waals surface area contributed by atoms with Crippen LogP contribution in [0.4, 0.5) is 0 Å². The quantitative estimate of drug-likeness (QED) is 0.666. The Morgan fingerprint density at radius 2 is 1.48 bits per heavy atom. The molecule has 0 bridgehead atoms. The predicted octanol–water partition coefficient (Wildman–Crippen LogP) is 2.95. The van der Waals surface area contributed by atoms with Gasteiger partial charge in [0.1, 0.15) is 6.04 Å². The van der Waals surface area contributed by atoms with Crippen LogP contribution < -0.4 is 16.2 Å². The monoisotopic (exact) mass is 387 g/mol. The van der Waals surface area contributed by atoms with Gasteiger partial charge in [-0.1, -0.05) is 50.1 Å². The van der Waals surface area contributed by atoms with E-state index in [0.29, 0.717) is 22.6 Å². The second-order valence-corrected chi connectivity index (χ2v) is 6.59. The molecule has 3 N–H and O–H groups in total. The molecule has 0 fully saturated rings. The zero-order valence-corrected chi connectivity index (χ0v) is 15.9. The molecule has 2 atom stereocenters. The lowest BCUT2D eigenvalue weighted by molar-refractivity contribution is -0.124. The molecule has 0 saturated heterocycles. The lowest BCUT2D eigenvalue weighted by Crippen LogP contribution is -2.54. The number of carbonyl (C=O) groups is 3. The summed E-state index contributed by atoms with van der Waals surface area (Å²) >= 11 is 5.83. The maximum Gasteiger partial charge on any atom is 0.269 e. The Balaban J connectivity index is 2.02. The standard InChI is InChI=1S/C20H22ClN3O3/c1-3-13(2)17(22-18(25)15-9-11-16(21)12-10-15)20(27)24-23-19(26)14-7-5-4-6-8-14/h4-13,17H,3H2,1-2H3,(H,22,25)(H,23,26)(H,24,27). The van der Waals surface area contributed by atoms with Gasteiger partial charge in [0.25, 0.3) is 17.7 Å². The Labute approximate surface area is 163 Å². The van der Waals surface area contributed by atoms with Gasteiger partial charge >= 0.3 is 0 Å². The van der Waals surface area contributed by atoms with E-state index in [1.54, 1.807) is 54.6 Å². The van der Waals surface area contributed by atoms with E-state index in [0.717, 1.165) is 0 Å². The molecule has 2 aromatic carbocycles. The van der Waals surface area contributed by atoms with Crippen LogP contribution >= 0.6 is 11.6 Å². The van der Waals surface area contributed by atoms with Gasteiger partial charge in [0.15, 0.2) is 0 Å². The van der Waals surface area contributed by atoms with E-state index in [4.69, 9.17) is 11.6 Å². The van der Waals surface area contributed by atoms with Gasteiger partial charge in [0.2, 0.25) is 0 Å². The molecule has 27 heavy (non-hydrogen) atoms. The van der Waals surface area contributed by atoms with Crippen LogP contribution in [-0.4, -0.2) is 23.8 Å². The van der Waals surface area contributed by atoms with E-state index in [1.807, 2.05) is 13.8 Å². The fourth-order valence-electron chi connectivity index (χ4n) is 2.39. The molecule has 7 heteroatoms. The van der Waals surface area contributed by atoms with E-state index in [2.05, 4.69) is 16.2 Å². The number of hydrazine groups is 1. The molecule has 3 amide bonds. The Morgan fingerprint density at radius 1 is 0.889 bits per heavy atom. The van der Waals surface area contributed by atoms with Gasteiger partial charge in [-0.2, -0.15) is 0 Å². The van der Waals surface area contributed by atoms with Crippen molar-refractivity contribution in [3.8, 4) is 0 Å². The molecular formula is C20H22ClN3O3.